The maximum Gasteiger partial charge on any atom is 0.426 e. The van der Waals surface area contributed by atoms with Crippen molar-refractivity contribution in [2.75, 3.05) is 27.2 Å². The van der Waals surface area contributed by atoms with Gasteiger partial charge < -0.3 is 44.0 Å². The number of rotatable bonds is 22. The van der Waals surface area contributed by atoms with Gasteiger partial charge in [-0.15, -0.1) is 0 Å². The molecule has 7 amide bonds. The zero-order chi connectivity index (χ0) is 51.1. The van der Waals surface area contributed by atoms with E-state index in [1.165, 1.54) is 35.7 Å². The van der Waals surface area contributed by atoms with Crippen LogP contribution < -0.4 is 21.5 Å². The van der Waals surface area contributed by atoms with Crippen LogP contribution in [-0.2, 0) is 47.4 Å². The van der Waals surface area contributed by atoms with Crippen molar-refractivity contribution < 1.29 is 57.0 Å². The minimum absolute atomic E-state index is 0.00895. The summed E-state index contributed by atoms with van der Waals surface area (Å²) in [6.45, 7) is 28.9. The van der Waals surface area contributed by atoms with Gasteiger partial charge in [0.1, 0.15) is 35.4 Å². The number of carbonyl (C=O) groups is 8. The van der Waals surface area contributed by atoms with E-state index < -0.39 is 115 Å². The first-order valence-corrected chi connectivity index (χ1v) is 26.1. The molecule has 0 aromatic heterocycles. The minimum Gasteiger partial charge on any atom is -0.452 e. The number of hydrazine groups is 1. The molecule has 6 atom stereocenters. The van der Waals surface area contributed by atoms with E-state index in [-0.39, 0.29) is 32.4 Å². The van der Waals surface area contributed by atoms with E-state index in [1.54, 1.807) is 62.3 Å². The summed E-state index contributed by atoms with van der Waals surface area (Å²) in [5.74, 6) is -4.51. The molecule has 0 spiro atoms. The molecule has 1 aliphatic rings. The maximum absolute atomic E-state index is 14.6. The number of nitrogens with one attached hydrogen (secondary N) is 4. The summed E-state index contributed by atoms with van der Waals surface area (Å²) < 4.78 is 23.1. The van der Waals surface area contributed by atoms with E-state index in [0.29, 0.717) is 12.8 Å². The number of ether oxygens (including phenoxy) is 3. The SMILES string of the molecule is CCC(C)[C@H](NC(=O)[C@@H]1CCCN1C(=O)[C@@H](CC(C)(C)O[Si](CC)(CC)CC)OC(=O)CCNC(=O)OC(C)(C)C)C(=O)N(C)[C@H](C(=O)N(C)[C@@H](C)C(=O)NNC(=O)OC(C)(C)C)C(C)C. The molecule has 1 unspecified atom stereocenters. The van der Waals surface area contributed by atoms with Gasteiger partial charge in [0.05, 0.1) is 12.0 Å². The van der Waals surface area contributed by atoms with Crippen LogP contribution in [0.5, 0.6) is 0 Å². The quantitative estimate of drug-likeness (QED) is 0.0462. The Bertz CT molecular complexity index is 1670. The molecule has 0 saturated carbocycles. The summed E-state index contributed by atoms with van der Waals surface area (Å²) in [4.78, 5) is 112. The van der Waals surface area contributed by atoms with Gasteiger partial charge in [-0.25, -0.2) is 15.0 Å². The van der Waals surface area contributed by atoms with Crippen molar-refractivity contribution in [2.24, 2.45) is 11.8 Å². The second-order valence-electron chi connectivity index (χ2n) is 20.4. The van der Waals surface area contributed by atoms with Crippen LogP contribution in [0.4, 0.5) is 9.59 Å². The molecule has 1 saturated heterocycles. The highest BCUT2D eigenvalue weighted by Crippen LogP contribution is 2.32. The highest BCUT2D eigenvalue weighted by atomic mass is 28.4. The fraction of sp³-hybridized carbons (Fsp3) is 0.826. The Morgan fingerprint density at radius 1 is 0.758 bits per heavy atom. The van der Waals surface area contributed by atoms with Gasteiger partial charge in [0, 0.05) is 33.6 Å². The summed E-state index contributed by atoms with van der Waals surface area (Å²) in [5, 5.41) is 5.45. The van der Waals surface area contributed by atoms with Crippen LogP contribution in [-0.4, -0.2) is 145 Å². The Morgan fingerprint density at radius 3 is 1.80 bits per heavy atom. The molecule has 20 heteroatoms. The van der Waals surface area contributed by atoms with Crippen molar-refractivity contribution in [3.05, 3.63) is 0 Å². The lowest BCUT2D eigenvalue weighted by molar-refractivity contribution is -0.164. The van der Waals surface area contributed by atoms with Crippen LogP contribution in [0.25, 0.3) is 0 Å². The molecular formula is C46H85N7O12Si. The number of alkyl carbamates (subject to hydrolysis) is 1. The summed E-state index contributed by atoms with van der Waals surface area (Å²) in [7, 11) is 0.686. The van der Waals surface area contributed by atoms with Crippen LogP contribution in [0, 0.1) is 11.8 Å². The minimum atomic E-state index is -2.20. The van der Waals surface area contributed by atoms with Crippen LogP contribution >= 0.6 is 0 Å². The normalized spacial score (nSPS) is 16.8. The van der Waals surface area contributed by atoms with Crippen LogP contribution in [0.1, 0.15) is 143 Å². The molecule has 1 fully saturated rings. The van der Waals surface area contributed by atoms with E-state index in [0.717, 1.165) is 18.1 Å². The summed E-state index contributed by atoms with van der Waals surface area (Å²) in [5.41, 5.74) is 2.00. The second kappa shape index (κ2) is 25.6. The molecule has 0 aromatic rings. The van der Waals surface area contributed by atoms with E-state index in [2.05, 4.69) is 42.3 Å². The summed E-state index contributed by atoms with van der Waals surface area (Å²) >= 11 is 0. The van der Waals surface area contributed by atoms with E-state index >= 15 is 0 Å². The maximum atomic E-state index is 14.6. The van der Waals surface area contributed by atoms with Crippen molar-refractivity contribution in [3.63, 3.8) is 0 Å². The molecule has 380 valence electrons. The van der Waals surface area contributed by atoms with Crippen LogP contribution in [0.3, 0.4) is 0 Å². The Morgan fingerprint density at radius 2 is 1.30 bits per heavy atom. The first-order valence-electron chi connectivity index (χ1n) is 23.6. The largest absolute Gasteiger partial charge is 0.452 e. The Balaban J connectivity index is 3.41. The van der Waals surface area contributed by atoms with E-state index in [9.17, 15) is 38.4 Å². The van der Waals surface area contributed by atoms with Crippen molar-refractivity contribution >= 4 is 56.0 Å². The number of hydrogen-bond acceptors (Lipinski definition) is 12. The van der Waals surface area contributed by atoms with Gasteiger partial charge in [-0.2, -0.15) is 0 Å². The van der Waals surface area contributed by atoms with Gasteiger partial charge in [0.15, 0.2) is 14.4 Å². The standard InChI is InChI=1S/C46H85N7O12Si/c1-19-30(7)35(40(58)52(18)36(29(5)6)41(59)51(17)31(8)37(55)49-50-43(61)64-45(12,13)14)48-38(56)32-24-23-27-53(32)39(57)33(28-46(15,16)65-66(20-2,21-3)22-4)62-34(54)25-26-47-42(60)63-44(9,10)11/h29-33,35-36H,19-28H2,1-18H3,(H,47,60)(H,48,56)(H,49,55)(H,50,61)/t30?,31-,32-,33+,35-,36-/m0/s1. The van der Waals surface area contributed by atoms with Gasteiger partial charge in [-0.3, -0.25) is 34.2 Å². The number of esters is 1. The molecule has 0 aliphatic carbocycles. The first-order chi connectivity index (χ1) is 30.3. The average Bonchev–Trinajstić information content (AvgIpc) is 3.71. The third-order valence-electron chi connectivity index (χ3n) is 11.9. The monoisotopic (exact) mass is 956 g/mol. The number of amides is 7. The van der Waals surface area contributed by atoms with Gasteiger partial charge in [0.2, 0.25) is 17.7 Å². The molecule has 1 heterocycles. The van der Waals surface area contributed by atoms with Gasteiger partial charge >= 0.3 is 18.2 Å². The number of nitrogens with zero attached hydrogens (tertiary/aromatic N) is 3. The highest BCUT2D eigenvalue weighted by molar-refractivity contribution is 6.73. The molecule has 1 rings (SSSR count). The predicted octanol–water partition coefficient (Wildman–Crippen LogP) is 5.41. The van der Waals surface area contributed by atoms with Gasteiger partial charge in [-0.1, -0.05) is 54.9 Å². The fourth-order valence-corrected chi connectivity index (χ4v) is 11.0. The van der Waals surface area contributed by atoms with E-state index in [1.807, 2.05) is 20.8 Å². The van der Waals surface area contributed by atoms with Gasteiger partial charge in [0.25, 0.3) is 11.8 Å². The predicted molar refractivity (Wildman–Crippen MR) is 253 cm³/mol. The molecule has 0 bridgehead atoms. The van der Waals surface area contributed by atoms with Crippen molar-refractivity contribution in [3.8, 4) is 0 Å². The molecule has 0 aromatic carbocycles. The zero-order valence-corrected chi connectivity index (χ0v) is 44.4. The summed E-state index contributed by atoms with van der Waals surface area (Å²) in [6, 6.07) is -1.67. The smallest absolute Gasteiger partial charge is 0.426 e. The Hall–Kier alpha value is -4.46. The van der Waals surface area contributed by atoms with Crippen LogP contribution in [0.15, 0.2) is 0 Å². The summed E-state index contributed by atoms with van der Waals surface area (Å²) in [6.07, 6.45) is -1.91. The molecular weight excluding hydrogens is 871 g/mol. The average molecular weight is 956 g/mol. The fourth-order valence-electron chi connectivity index (χ4n) is 7.79. The third kappa shape index (κ3) is 18.7. The zero-order valence-electron chi connectivity index (χ0n) is 43.4. The lowest BCUT2D eigenvalue weighted by Crippen LogP contribution is -2.61. The Labute approximate surface area is 395 Å². The number of likely N-dealkylation sites (tertiary alicyclic amines) is 1. The molecule has 0 radical (unpaired) electrons. The van der Waals surface area contributed by atoms with E-state index in [4.69, 9.17) is 18.6 Å². The topological polar surface area (TPSA) is 231 Å². The van der Waals surface area contributed by atoms with Gasteiger partial charge in [-0.05, 0) is 105 Å². The number of likely N-dealkylation sites (N-methyl/N-ethyl adjacent to an activating group) is 2. The number of hydrogen-bond donors (Lipinski definition) is 4. The highest BCUT2D eigenvalue weighted by Gasteiger charge is 2.45. The molecule has 19 nitrogen and oxygen atoms in total. The lowest BCUT2D eigenvalue weighted by Gasteiger charge is -2.40. The number of carbonyl (C=O) groups excluding carboxylic acids is 8. The second-order valence-corrected chi connectivity index (χ2v) is 25.1. The van der Waals surface area contributed by atoms with Crippen molar-refractivity contribution in [1.29, 1.82) is 0 Å². The molecule has 66 heavy (non-hydrogen) atoms. The first kappa shape index (κ1) is 59.6. The van der Waals surface area contributed by atoms with Crippen molar-refractivity contribution in [2.45, 2.75) is 208 Å². The third-order valence-corrected chi connectivity index (χ3v) is 16.8. The lowest BCUT2D eigenvalue weighted by atomic mass is 9.94. The van der Waals surface area contributed by atoms with Crippen LogP contribution in [0.2, 0.25) is 18.1 Å². The molecule has 4 N–H and O–H groups in total. The Kier molecular flexibility index (Phi) is 23.1. The van der Waals surface area contributed by atoms with Crippen molar-refractivity contribution in [1.82, 2.24) is 36.2 Å². The molecule has 1 aliphatic heterocycles.